The number of ether oxygens (including phenoxy) is 2. The van der Waals surface area contributed by atoms with Crippen molar-refractivity contribution in [3.8, 4) is 5.75 Å². The fourth-order valence-electron chi connectivity index (χ4n) is 1.80. The topological polar surface area (TPSA) is 108 Å². The first-order valence-electron chi connectivity index (χ1n) is 7.13. The molecule has 0 bridgehead atoms. The van der Waals surface area contributed by atoms with E-state index in [0.29, 0.717) is 10.8 Å². The number of amides is 2. The van der Waals surface area contributed by atoms with Crippen molar-refractivity contribution >= 4 is 50.1 Å². The lowest BCUT2D eigenvalue weighted by molar-refractivity contribution is -0.155. The Bertz CT molecular complexity index is 792. The van der Waals surface area contributed by atoms with Crippen LogP contribution in [0.4, 0.5) is 5.00 Å². The Morgan fingerprint density at radius 2 is 2.08 bits per heavy atom. The molecule has 0 saturated carbocycles. The number of benzene rings is 1. The lowest BCUT2D eigenvalue weighted by atomic mass is 10.3. The molecular formula is C16H15BrN2O5S. The van der Waals surface area contributed by atoms with Crippen LogP contribution < -0.4 is 15.8 Å². The highest BCUT2D eigenvalue weighted by Crippen LogP contribution is 2.23. The van der Waals surface area contributed by atoms with E-state index in [9.17, 15) is 14.4 Å². The van der Waals surface area contributed by atoms with Crippen LogP contribution in [0.3, 0.4) is 0 Å². The van der Waals surface area contributed by atoms with Gasteiger partial charge in [-0.1, -0.05) is 22.0 Å². The van der Waals surface area contributed by atoms with Gasteiger partial charge in [0.1, 0.15) is 10.8 Å². The first-order valence-corrected chi connectivity index (χ1v) is 8.80. The monoisotopic (exact) mass is 426 g/mol. The van der Waals surface area contributed by atoms with Gasteiger partial charge in [0, 0.05) is 4.47 Å². The summed E-state index contributed by atoms with van der Waals surface area (Å²) in [6.07, 6.45) is -1.05. The van der Waals surface area contributed by atoms with Crippen LogP contribution in [0.25, 0.3) is 0 Å². The number of anilines is 1. The molecular weight excluding hydrogens is 412 g/mol. The Hall–Kier alpha value is -2.39. The molecule has 1 unspecified atom stereocenters. The summed E-state index contributed by atoms with van der Waals surface area (Å²) < 4.78 is 11.1. The van der Waals surface area contributed by atoms with Crippen LogP contribution in [0.15, 0.2) is 40.2 Å². The molecule has 2 rings (SSSR count). The second-order valence-electron chi connectivity index (χ2n) is 4.90. The summed E-state index contributed by atoms with van der Waals surface area (Å²) in [5, 5.41) is 4.45. The molecule has 1 aromatic carbocycles. The molecule has 0 radical (unpaired) electrons. The van der Waals surface area contributed by atoms with E-state index in [4.69, 9.17) is 15.2 Å². The Morgan fingerprint density at radius 3 is 2.76 bits per heavy atom. The molecule has 2 aromatic rings. The van der Waals surface area contributed by atoms with Crippen molar-refractivity contribution < 1.29 is 23.9 Å². The van der Waals surface area contributed by atoms with Crippen LogP contribution in [0, 0.1) is 0 Å². The average molecular weight is 427 g/mol. The van der Waals surface area contributed by atoms with Gasteiger partial charge in [-0.05, 0) is 36.6 Å². The third kappa shape index (κ3) is 5.57. The van der Waals surface area contributed by atoms with Crippen LogP contribution in [-0.4, -0.2) is 30.5 Å². The summed E-state index contributed by atoms with van der Waals surface area (Å²) >= 11 is 4.44. The number of carbonyl (C=O) groups is 3. The first kappa shape index (κ1) is 18.9. The molecule has 0 aliphatic carbocycles. The van der Waals surface area contributed by atoms with Crippen LogP contribution in [0.2, 0.25) is 0 Å². The number of carbonyl (C=O) groups excluding carboxylic acids is 3. The molecule has 0 aliphatic rings. The van der Waals surface area contributed by atoms with E-state index in [0.717, 1.165) is 15.8 Å². The van der Waals surface area contributed by atoms with Gasteiger partial charge < -0.3 is 20.5 Å². The largest absolute Gasteiger partial charge is 0.482 e. The van der Waals surface area contributed by atoms with Gasteiger partial charge in [0.25, 0.3) is 11.8 Å². The number of halogens is 1. The molecule has 1 atom stereocenters. The van der Waals surface area contributed by atoms with Crippen molar-refractivity contribution in [3.63, 3.8) is 0 Å². The summed E-state index contributed by atoms with van der Waals surface area (Å²) in [6, 6.07) is 8.48. The number of hydrogen-bond donors (Lipinski definition) is 2. The zero-order chi connectivity index (χ0) is 18.4. The highest BCUT2D eigenvalue weighted by Gasteiger charge is 2.20. The Balaban J connectivity index is 1.84. The van der Waals surface area contributed by atoms with Gasteiger partial charge in [0.05, 0.1) is 5.56 Å². The summed E-state index contributed by atoms with van der Waals surface area (Å²) in [5.41, 5.74) is 5.41. The minimum absolute atomic E-state index is 0.204. The van der Waals surface area contributed by atoms with Gasteiger partial charge in [-0.2, -0.15) is 0 Å². The van der Waals surface area contributed by atoms with Crippen LogP contribution in [0.1, 0.15) is 17.3 Å². The smallest absolute Gasteiger partial charge is 0.344 e. The third-order valence-corrected chi connectivity index (χ3v) is 4.32. The van der Waals surface area contributed by atoms with E-state index >= 15 is 0 Å². The SMILES string of the molecule is CC(OC(=O)COc1cccc(Br)c1)C(=O)Nc1sccc1C(N)=O. The van der Waals surface area contributed by atoms with Gasteiger partial charge in [0.15, 0.2) is 12.7 Å². The second-order valence-corrected chi connectivity index (χ2v) is 6.73. The molecule has 1 aromatic heterocycles. The Labute approximate surface area is 156 Å². The van der Waals surface area contributed by atoms with E-state index in [2.05, 4.69) is 21.2 Å². The van der Waals surface area contributed by atoms with E-state index in [1.165, 1.54) is 13.0 Å². The number of thiophene rings is 1. The number of nitrogens with one attached hydrogen (secondary N) is 1. The number of nitrogens with two attached hydrogens (primary N) is 1. The molecule has 25 heavy (non-hydrogen) atoms. The van der Waals surface area contributed by atoms with Gasteiger partial charge in [-0.25, -0.2) is 4.79 Å². The summed E-state index contributed by atoms with van der Waals surface area (Å²) in [5.74, 6) is -1.42. The van der Waals surface area contributed by atoms with Crippen LogP contribution >= 0.6 is 27.3 Å². The molecule has 7 nitrogen and oxygen atoms in total. The molecule has 3 N–H and O–H groups in total. The molecule has 0 aliphatic heterocycles. The fourth-order valence-corrected chi connectivity index (χ4v) is 2.97. The first-order chi connectivity index (χ1) is 11.9. The number of esters is 1. The quantitative estimate of drug-likeness (QED) is 0.661. The average Bonchev–Trinajstić information content (AvgIpc) is 3.01. The molecule has 132 valence electrons. The number of rotatable bonds is 7. The standard InChI is InChI=1S/C16H15BrN2O5S/c1-9(15(22)19-16-12(14(18)21)5-6-25-16)24-13(20)8-23-11-4-2-3-10(17)7-11/h2-7,9H,8H2,1H3,(H2,18,21)(H,19,22). The van der Waals surface area contributed by atoms with Gasteiger partial charge in [0.2, 0.25) is 0 Å². The van der Waals surface area contributed by atoms with Crippen molar-refractivity contribution in [1.82, 2.24) is 0 Å². The lowest BCUT2D eigenvalue weighted by Crippen LogP contribution is -2.32. The van der Waals surface area contributed by atoms with Crippen molar-refractivity contribution in [2.45, 2.75) is 13.0 Å². The Morgan fingerprint density at radius 1 is 1.32 bits per heavy atom. The maximum atomic E-state index is 12.1. The zero-order valence-corrected chi connectivity index (χ0v) is 15.6. The van der Waals surface area contributed by atoms with E-state index in [1.807, 2.05) is 6.07 Å². The molecule has 0 fully saturated rings. The predicted octanol–water partition coefficient (Wildman–Crippen LogP) is 2.56. The summed E-state index contributed by atoms with van der Waals surface area (Å²) in [4.78, 5) is 35.1. The molecule has 0 saturated heterocycles. The van der Waals surface area contributed by atoms with Crippen LogP contribution in [-0.2, 0) is 14.3 Å². The normalized spacial score (nSPS) is 11.4. The van der Waals surface area contributed by atoms with Crippen molar-refractivity contribution in [1.29, 1.82) is 0 Å². The van der Waals surface area contributed by atoms with E-state index < -0.39 is 23.9 Å². The minimum atomic E-state index is -1.05. The third-order valence-electron chi connectivity index (χ3n) is 3.00. The lowest BCUT2D eigenvalue weighted by Gasteiger charge is -2.13. The van der Waals surface area contributed by atoms with Crippen LogP contribution in [0.5, 0.6) is 5.75 Å². The minimum Gasteiger partial charge on any atom is -0.482 e. The zero-order valence-electron chi connectivity index (χ0n) is 13.2. The maximum Gasteiger partial charge on any atom is 0.344 e. The maximum absolute atomic E-state index is 12.1. The molecule has 1 heterocycles. The highest BCUT2D eigenvalue weighted by atomic mass is 79.9. The van der Waals surface area contributed by atoms with Crippen molar-refractivity contribution in [2.75, 3.05) is 11.9 Å². The molecule has 0 spiro atoms. The number of hydrogen-bond acceptors (Lipinski definition) is 6. The molecule has 2 amide bonds. The summed E-state index contributed by atoms with van der Waals surface area (Å²) in [7, 11) is 0. The van der Waals surface area contributed by atoms with Crippen molar-refractivity contribution in [3.05, 3.63) is 45.7 Å². The van der Waals surface area contributed by atoms with E-state index in [1.54, 1.807) is 23.6 Å². The highest BCUT2D eigenvalue weighted by molar-refractivity contribution is 9.10. The van der Waals surface area contributed by atoms with Gasteiger partial charge in [-0.15, -0.1) is 11.3 Å². The molecule has 9 heteroatoms. The van der Waals surface area contributed by atoms with E-state index in [-0.39, 0.29) is 12.2 Å². The fraction of sp³-hybridized carbons (Fsp3) is 0.188. The predicted molar refractivity (Wildman–Crippen MR) is 96.7 cm³/mol. The van der Waals surface area contributed by atoms with Gasteiger partial charge in [-0.3, -0.25) is 9.59 Å². The Kier molecular flexibility index (Phi) is 6.54. The van der Waals surface area contributed by atoms with Gasteiger partial charge >= 0.3 is 5.97 Å². The van der Waals surface area contributed by atoms with Crippen molar-refractivity contribution in [2.24, 2.45) is 5.73 Å². The number of primary amides is 1. The second kappa shape index (κ2) is 8.63. The summed E-state index contributed by atoms with van der Waals surface area (Å²) in [6.45, 7) is 1.09.